The van der Waals surface area contributed by atoms with Gasteiger partial charge in [0.15, 0.2) is 11.5 Å². The van der Waals surface area contributed by atoms with Gasteiger partial charge in [0.2, 0.25) is 6.79 Å². The number of nitrogens with one attached hydrogen (secondary N) is 1. The summed E-state index contributed by atoms with van der Waals surface area (Å²) >= 11 is 0. The molecule has 5 heteroatoms. The Kier molecular flexibility index (Phi) is 4.29. The molecule has 0 radical (unpaired) electrons. The molecule has 5 nitrogen and oxygen atoms in total. The lowest BCUT2D eigenvalue weighted by atomic mass is 9.93. The number of fused-ring (bicyclic) bond motifs is 1. The van der Waals surface area contributed by atoms with Gasteiger partial charge in [-0.3, -0.25) is 10.1 Å². The number of benzene rings is 1. The Bertz CT molecular complexity index is 515. The van der Waals surface area contributed by atoms with Crippen molar-refractivity contribution in [3.63, 3.8) is 0 Å². The third kappa shape index (κ3) is 3.11. The predicted molar refractivity (Wildman–Crippen MR) is 75.1 cm³/mol. The number of hydrogen-bond donors (Lipinski definition) is 2. The number of carboxylic acid groups (broad SMARTS) is 1. The highest BCUT2D eigenvalue weighted by Gasteiger charge is 2.31. The lowest BCUT2D eigenvalue weighted by Crippen LogP contribution is -2.49. The molecule has 0 amide bonds. The first-order valence-electron chi connectivity index (χ1n) is 6.53. The number of ether oxygens (including phenoxy) is 2. The van der Waals surface area contributed by atoms with Crippen LogP contribution in [0.1, 0.15) is 18.9 Å². The van der Waals surface area contributed by atoms with Crippen molar-refractivity contribution in [2.75, 3.05) is 13.3 Å². The smallest absolute Gasteiger partial charge is 0.323 e. The molecule has 1 aliphatic rings. The molecule has 1 aromatic carbocycles. The molecule has 1 aliphatic heterocycles. The summed E-state index contributed by atoms with van der Waals surface area (Å²) in [5, 5.41) is 12.3. The maximum Gasteiger partial charge on any atom is 0.323 e. The largest absolute Gasteiger partial charge is 0.480 e. The first-order valence-corrected chi connectivity index (χ1v) is 6.53. The third-order valence-electron chi connectivity index (χ3n) is 3.46. The van der Waals surface area contributed by atoms with Crippen LogP contribution >= 0.6 is 0 Å². The van der Waals surface area contributed by atoms with Gasteiger partial charge < -0.3 is 14.6 Å². The van der Waals surface area contributed by atoms with E-state index in [1.165, 1.54) is 0 Å². The number of carbonyl (C=O) groups is 1. The molecule has 108 valence electrons. The molecule has 0 spiro atoms. The van der Waals surface area contributed by atoms with Crippen LogP contribution in [0.25, 0.3) is 0 Å². The molecular weight excluding hydrogens is 258 g/mol. The van der Waals surface area contributed by atoms with Crippen LogP contribution in [0, 0.1) is 0 Å². The van der Waals surface area contributed by atoms with E-state index in [2.05, 4.69) is 11.9 Å². The fraction of sp³-hybridized carbons (Fsp3) is 0.400. The number of aryl methyl sites for hydroxylation is 1. The van der Waals surface area contributed by atoms with Crippen molar-refractivity contribution in [3.8, 4) is 11.5 Å². The van der Waals surface area contributed by atoms with Crippen LogP contribution in [0.15, 0.2) is 30.9 Å². The lowest BCUT2D eigenvalue weighted by Gasteiger charge is -2.25. The second kappa shape index (κ2) is 5.96. The minimum Gasteiger partial charge on any atom is -0.480 e. The van der Waals surface area contributed by atoms with Crippen molar-refractivity contribution < 1.29 is 19.4 Å². The summed E-state index contributed by atoms with van der Waals surface area (Å²) in [7, 11) is 0. The second-order valence-electron chi connectivity index (χ2n) is 4.99. The van der Waals surface area contributed by atoms with Crippen molar-refractivity contribution >= 4 is 5.97 Å². The molecule has 2 rings (SSSR count). The zero-order chi connectivity index (χ0) is 14.6. The molecule has 1 heterocycles. The van der Waals surface area contributed by atoms with Crippen molar-refractivity contribution in [1.29, 1.82) is 0 Å². The van der Waals surface area contributed by atoms with Gasteiger partial charge in [-0.1, -0.05) is 12.1 Å². The summed E-state index contributed by atoms with van der Waals surface area (Å²) in [6, 6.07) is 5.69. The highest BCUT2D eigenvalue weighted by atomic mass is 16.7. The number of carboxylic acids is 1. The maximum absolute atomic E-state index is 11.4. The van der Waals surface area contributed by atoms with Crippen LogP contribution in [-0.2, 0) is 11.2 Å². The third-order valence-corrected chi connectivity index (χ3v) is 3.46. The number of rotatable bonds is 7. The van der Waals surface area contributed by atoms with E-state index in [1.54, 1.807) is 13.0 Å². The first kappa shape index (κ1) is 14.4. The van der Waals surface area contributed by atoms with E-state index in [1.807, 2.05) is 18.2 Å². The van der Waals surface area contributed by atoms with Crippen molar-refractivity contribution in [2.24, 2.45) is 0 Å². The van der Waals surface area contributed by atoms with Crippen LogP contribution < -0.4 is 14.8 Å². The summed E-state index contributed by atoms with van der Waals surface area (Å²) < 4.78 is 10.6. The van der Waals surface area contributed by atoms with Crippen molar-refractivity contribution in [2.45, 2.75) is 25.3 Å². The molecular formula is C15H19NO4. The monoisotopic (exact) mass is 277 g/mol. The number of aliphatic carboxylic acids is 1. The fourth-order valence-corrected chi connectivity index (χ4v) is 2.06. The SMILES string of the molecule is C=CCNC(C)(CCc1ccc2c(c1)OCO2)C(=O)O. The Morgan fingerprint density at radius 2 is 2.25 bits per heavy atom. The summed E-state index contributed by atoms with van der Waals surface area (Å²) in [4.78, 5) is 11.4. The van der Waals surface area contributed by atoms with Crippen molar-refractivity contribution in [3.05, 3.63) is 36.4 Å². The van der Waals surface area contributed by atoms with Gasteiger partial charge in [0.05, 0.1) is 0 Å². The van der Waals surface area contributed by atoms with Crippen LogP contribution in [0.3, 0.4) is 0 Å². The Balaban J connectivity index is 2.02. The zero-order valence-electron chi connectivity index (χ0n) is 11.5. The molecule has 1 atom stereocenters. The van der Waals surface area contributed by atoms with Gasteiger partial charge in [-0.25, -0.2) is 0 Å². The zero-order valence-corrected chi connectivity index (χ0v) is 11.5. The molecule has 1 aromatic rings. The summed E-state index contributed by atoms with van der Waals surface area (Å²) in [5.41, 5.74) is 0.0621. The molecule has 0 aromatic heterocycles. The number of hydrogen-bond acceptors (Lipinski definition) is 4. The van der Waals surface area contributed by atoms with Gasteiger partial charge in [-0.15, -0.1) is 6.58 Å². The van der Waals surface area contributed by atoms with Crippen LogP contribution in [-0.4, -0.2) is 30.0 Å². The van der Waals surface area contributed by atoms with Crippen LogP contribution in [0.4, 0.5) is 0 Å². The van der Waals surface area contributed by atoms with Crippen molar-refractivity contribution in [1.82, 2.24) is 5.32 Å². The summed E-state index contributed by atoms with van der Waals surface area (Å²) in [6.45, 7) is 5.99. The van der Waals surface area contributed by atoms with E-state index in [4.69, 9.17) is 9.47 Å². The highest BCUT2D eigenvalue weighted by Crippen LogP contribution is 2.33. The van der Waals surface area contributed by atoms with E-state index in [9.17, 15) is 9.90 Å². The standard InChI is InChI=1S/C15H19NO4/c1-3-8-16-15(2,14(17)18)7-6-11-4-5-12-13(9-11)20-10-19-12/h3-5,9,16H,1,6-8,10H2,2H3,(H,17,18). The van der Waals surface area contributed by atoms with E-state index >= 15 is 0 Å². The molecule has 1 unspecified atom stereocenters. The van der Waals surface area contributed by atoms with Gasteiger partial charge in [0.1, 0.15) is 5.54 Å². The Morgan fingerprint density at radius 3 is 2.95 bits per heavy atom. The summed E-state index contributed by atoms with van der Waals surface area (Å²) in [5.74, 6) is 0.596. The average molecular weight is 277 g/mol. The molecule has 0 aliphatic carbocycles. The second-order valence-corrected chi connectivity index (χ2v) is 4.99. The van der Waals surface area contributed by atoms with E-state index in [0.29, 0.717) is 19.4 Å². The molecule has 0 bridgehead atoms. The molecule has 0 saturated heterocycles. The van der Waals surface area contributed by atoms with Gasteiger partial charge in [0, 0.05) is 6.54 Å². The lowest BCUT2D eigenvalue weighted by molar-refractivity contribution is -0.144. The van der Waals surface area contributed by atoms with Crippen LogP contribution in [0.5, 0.6) is 11.5 Å². The highest BCUT2D eigenvalue weighted by molar-refractivity contribution is 5.78. The predicted octanol–water partition coefficient (Wildman–Crippen LogP) is 1.97. The quantitative estimate of drug-likeness (QED) is 0.746. The first-order chi connectivity index (χ1) is 9.55. The van der Waals surface area contributed by atoms with E-state index < -0.39 is 11.5 Å². The Hall–Kier alpha value is -2.01. The van der Waals surface area contributed by atoms with Crippen LogP contribution in [0.2, 0.25) is 0 Å². The molecule has 20 heavy (non-hydrogen) atoms. The fourth-order valence-electron chi connectivity index (χ4n) is 2.06. The average Bonchev–Trinajstić information content (AvgIpc) is 2.90. The minimum absolute atomic E-state index is 0.243. The van der Waals surface area contributed by atoms with Gasteiger partial charge >= 0.3 is 5.97 Å². The van der Waals surface area contributed by atoms with Gasteiger partial charge in [0.25, 0.3) is 0 Å². The topological polar surface area (TPSA) is 67.8 Å². The van der Waals surface area contributed by atoms with Gasteiger partial charge in [-0.05, 0) is 37.5 Å². The van der Waals surface area contributed by atoms with Gasteiger partial charge in [-0.2, -0.15) is 0 Å². The van der Waals surface area contributed by atoms with E-state index in [-0.39, 0.29) is 6.79 Å². The normalized spacial score (nSPS) is 15.7. The maximum atomic E-state index is 11.4. The molecule has 0 fully saturated rings. The molecule has 2 N–H and O–H groups in total. The Morgan fingerprint density at radius 1 is 1.50 bits per heavy atom. The Labute approximate surface area is 118 Å². The van der Waals surface area contributed by atoms with E-state index in [0.717, 1.165) is 17.1 Å². The minimum atomic E-state index is -0.968. The summed E-state index contributed by atoms with van der Waals surface area (Å²) in [6.07, 6.45) is 2.78. The molecule has 0 saturated carbocycles.